The minimum absolute atomic E-state index is 0.676. The standard InChI is InChI=1S/C13H22/c1-2-3-4-9-13-10-5-7-12(13)8-6-11-13/h4,9,12H,2-3,5-8,10-11H2,1H3/b9-4+. The topological polar surface area (TPSA) is 0 Å². The van der Waals surface area contributed by atoms with Crippen LogP contribution in [0.1, 0.15) is 58.3 Å². The first-order valence-corrected chi connectivity index (χ1v) is 6.05. The smallest absolute Gasteiger partial charge is 0.00900 e. The number of hydrogen-bond donors (Lipinski definition) is 0. The van der Waals surface area contributed by atoms with Gasteiger partial charge in [0.1, 0.15) is 0 Å². The van der Waals surface area contributed by atoms with E-state index in [1.165, 1.54) is 51.4 Å². The summed E-state index contributed by atoms with van der Waals surface area (Å²) in [6, 6.07) is 0. The van der Waals surface area contributed by atoms with Crippen molar-refractivity contribution in [3.05, 3.63) is 12.2 Å². The third-order valence-corrected chi connectivity index (χ3v) is 4.11. The van der Waals surface area contributed by atoms with Crippen molar-refractivity contribution in [1.82, 2.24) is 0 Å². The quantitative estimate of drug-likeness (QED) is 0.565. The Labute approximate surface area is 82.4 Å². The van der Waals surface area contributed by atoms with E-state index in [9.17, 15) is 0 Å². The predicted octanol–water partition coefficient (Wildman–Crippen LogP) is 4.31. The van der Waals surface area contributed by atoms with Gasteiger partial charge in [0, 0.05) is 0 Å². The van der Waals surface area contributed by atoms with Crippen molar-refractivity contribution in [2.24, 2.45) is 11.3 Å². The first kappa shape index (κ1) is 9.30. The van der Waals surface area contributed by atoms with Gasteiger partial charge in [0.15, 0.2) is 0 Å². The average Bonchev–Trinajstić information content (AvgIpc) is 2.63. The monoisotopic (exact) mass is 178 g/mol. The lowest BCUT2D eigenvalue weighted by atomic mass is 9.80. The molecule has 2 rings (SSSR count). The van der Waals surface area contributed by atoms with Gasteiger partial charge >= 0.3 is 0 Å². The second-order valence-corrected chi connectivity index (χ2v) is 4.91. The Hall–Kier alpha value is -0.260. The SMILES string of the molecule is CCC/C=C/C12CCCC1CCC2. The zero-order chi connectivity index (χ0) is 9.15. The Morgan fingerprint density at radius 2 is 1.92 bits per heavy atom. The van der Waals surface area contributed by atoms with Gasteiger partial charge in [0.2, 0.25) is 0 Å². The lowest BCUT2D eigenvalue weighted by molar-refractivity contribution is 0.328. The Morgan fingerprint density at radius 1 is 1.23 bits per heavy atom. The van der Waals surface area contributed by atoms with E-state index >= 15 is 0 Å². The minimum atomic E-state index is 0.676. The molecular formula is C13H22. The summed E-state index contributed by atoms with van der Waals surface area (Å²) >= 11 is 0. The lowest BCUT2D eigenvalue weighted by Gasteiger charge is -2.25. The molecule has 13 heavy (non-hydrogen) atoms. The van der Waals surface area contributed by atoms with E-state index < -0.39 is 0 Å². The fourth-order valence-electron chi connectivity index (χ4n) is 3.40. The summed E-state index contributed by atoms with van der Waals surface area (Å²) in [5, 5.41) is 0. The highest BCUT2D eigenvalue weighted by atomic mass is 14.5. The van der Waals surface area contributed by atoms with Gasteiger partial charge in [-0.3, -0.25) is 0 Å². The molecule has 0 N–H and O–H groups in total. The Bertz CT molecular complexity index is 180. The fourth-order valence-corrected chi connectivity index (χ4v) is 3.40. The summed E-state index contributed by atoms with van der Waals surface area (Å²) in [5.74, 6) is 1.06. The van der Waals surface area contributed by atoms with E-state index in [0.717, 1.165) is 5.92 Å². The van der Waals surface area contributed by atoms with Crippen LogP contribution in [0.25, 0.3) is 0 Å². The zero-order valence-corrected chi connectivity index (χ0v) is 8.89. The average molecular weight is 178 g/mol. The van der Waals surface area contributed by atoms with Gasteiger partial charge in [-0.15, -0.1) is 0 Å². The molecule has 0 heteroatoms. The molecule has 2 fully saturated rings. The molecule has 0 aromatic heterocycles. The maximum absolute atomic E-state index is 2.58. The zero-order valence-electron chi connectivity index (χ0n) is 8.89. The molecule has 0 radical (unpaired) electrons. The van der Waals surface area contributed by atoms with Crippen molar-refractivity contribution in [1.29, 1.82) is 0 Å². The predicted molar refractivity (Wildman–Crippen MR) is 57.7 cm³/mol. The molecule has 2 aliphatic carbocycles. The number of allylic oxidation sites excluding steroid dienone is 2. The van der Waals surface area contributed by atoms with Crippen molar-refractivity contribution < 1.29 is 0 Å². The molecular weight excluding hydrogens is 156 g/mol. The summed E-state index contributed by atoms with van der Waals surface area (Å²) < 4.78 is 0. The number of fused-ring (bicyclic) bond motifs is 1. The summed E-state index contributed by atoms with van der Waals surface area (Å²) in [6.45, 7) is 2.27. The summed E-state index contributed by atoms with van der Waals surface area (Å²) in [5.41, 5.74) is 0.676. The molecule has 0 amide bonds. The van der Waals surface area contributed by atoms with E-state index in [1.807, 2.05) is 0 Å². The largest absolute Gasteiger partial charge is 0.0880 e. The molecule has 0 aliphatic heterocycles. The molecule has 0 heterocycles. The summed E-state index contributed by atoms with van der Waals surface area (Å²) in [6.07, 6.45) is 16.6. The molecule has 0 aromatic carbocycles. The second kappa shape index (κ2) is 3.86. The van der Waals surface area contributed by atoms with Crippen molar-refractivity contribution in [2.45, 2.75) is 58.3 Å². The van der Waals surface area contributed by atoms with Gasteiger partial charge in [-0.05, 0) is 43.4 Å². The first-order chi connectivity index (χ1) is 6.37. The Kier molecular flexibility index (Phi) is 2.76. The first-order valence-electron chi connectivity index (χ1n) is 6.05. The lowest BCUT2D eigenvalue weighted by Crippen LogP contribution is -2.16. The van der Waals surface area contributed by atoms with Crippen LogP contribution in [-0.4, -0.2) is 0 Å². The van der Waals surface area contributed by atoms with Crippen LogP contribution < -0.4 is 0 Å². The van der Waals surface area contributed by atoms with Crippen LogP contribution in [0, 0.1) is 11.3 Å². The minimum Gasteiger partial charge on any atom is -0.0880 e. The van der Waals surface area contributed by atoms with E-state index in [1.54, 1.807) is 0 Å². The highest BCUT2D eigenvalue weighted by Gasteiger charge is 2.43. The molecule has 0 nitrogen and oxygen atoms in total. The Morgan fingerprint density at radius 3 is 2.54 bits per heavy atom. The van der Waals surface area contributed by atoms with Crippen molar-refractivity contribution in [2.75, 3.05) is 0 Å². The highest BCUT2D eigenvalue weighted by Crippen LogP contribution is 2.55. The van der Waals surface area contributed by atoms with E-state index in [4.69, 9.17) is 0 Å². The molecule has 74 valence electrons. The summed E-state index contributed by atoms with van der Waals surface area (Å²) in [4.78, 5) is 0. The van der Waals surface area contributed by atoms with Gasteiger partial charge in [0.05, 0.1) is 0 Å². The molecule has 2 saturated carbocycles. The van der Waals surface area contributed by atoms with Gasteiger partial charge in [-0.25, -0.2) is 0 Å². The van der Waals surface area contributed by atoms with Crippen molar-refractivity contribution in [3.63, 3.8) is 0 Å². The van der Waals surface area contributed by atoms with Crippen LogP contribution in [0.3, 0.4) is 0 Å². The number of hydrogen-bond acceptors (Lipinski definition) is 0. The van der Waals surface area contributed by atoms with Gasteiger partial charge < -0.3 is 0 Å². The van der Waals surface area contributed by atoms with Gasteiger partial charge in [0.25, 0.3) is 0 Å². The third-order valence-electron chi connectivity index (χ3n) is 4.11. The van der Waals surface area contributed by atoms with Crippen molar-refractivity contribution in [3.8, 4) is 0 Å². The molecule has 2 aliphatic rings. The number of rotatable bonds is 3. The fraction of sp³-hybridized carbons (Fsp3) is 0.846. The number of unbranched alkanes of at least 4 members (excludes halogenated alkanes) is 1. The van der Waals surface area contributed by atoms with Crippen molar-refractivity contribution >= 4 is 0 Å². The highest BCUT2D eigenvalue weighted by molar-refractivity contribution is 5.09. The summed E-state index contributed by atoms with van der Waals surface area (Å²) in [7, 11) is 0. The van der Waals surface area contributed by atoms with Gasteiger partial charge in [-0.1, -0.05) is 38.3 Å². The van der Waals surface area contributed by atoms with Crippen LogP contribution in [0.2, 0.25) is 0 Å². The molecule has 0 bridgehead atoms. The van der Waals surface area contributed by atoms with Crippen LogP contribution in [-0.2, 0) is 0 Å². The third kappa shape index (κ3) is 1.68. The maximum Gasteiger partial charge on any atom is -0.00900 e. The van der Waals surface area contributed by atoms with E-state index in [0.29, 0.717) is 5.41 Å². The van der Waals surface area contributed by atoms with Crippen LogP contribution in [0.5, 0.6) is 0 Å². The van der Waals surface area contributed by atoms with E-state index in [2.05, 4.69) is 19.1 Å². The molecule has 0 atom stereocenters. The molecule has 0 saturated heterocycles. The Balaban J connectivity index is 2.01. The van der Waals surface area contributed by atoms with Crippen LogP contribution in [0.15, 0.2) is 12.2 Å². The maximum atomic E-state index is 2.58. The normalized spacial score (nSPS) is 38.7. The molecule has 0 unspecified atom stereocenters. The molecule has 0 spiro atoms. The van der Waals surface area contributed by atoms with Crippen LogP contribution in [0.4, 0.5) is 0 Å². The van der Waals surface area contributed by atoms with Crippen LogP contribution >= 0.6 is 0 Å². The second-order valence-electron chi connectivity index (χ2n) is 4.91. The van der Waals surface area contributed by atoms with Gasteiger partial charge in [-0.2, -0.15) is 0 Å². The molecule has 0 aromatic rings. The van der Waals surface area contributed by atoms with E-state index in [-0.39, 0.29) is 0 Å².